The minimum Gasteiger partial charge on any atom is -0.489 e. The van der Waals surface area contributed by atoms with E-state index >= 15 is 0 Å². The van der Waals surface area contributed by atoms with E-state index in [0.717, 1.165) is 41.2 Å². The van der Waals surface area contributed by atoms with Gasteiger partial charge in [-0.1, -0.05) is 47.9 Å². The van der Waals surface area contributed by atoms with E-state index in [4.69, 9.17) is 9.47 Å². The maximum absolute atomic E-state index is 6.41. The first-order valence-corrected chi connectivity index (χ1v) is 11.3. The van der Waals surface area contributed by atoms with Crippen molar-refractivity contribution in [3.8, 4) is 22.6 Å². The van der Waals surface area contributed by atoms with Crippen molar-refractivity contribution in [3.05, 3.63) is 65.5 Å². The number of aryl methyl sites for hydroxylation is 3. The SMILES string of the molecule is Cc1cc(C)cc(-c2cccc(OCc3cnn(C)c3)c2OCC[C@H]2CCCCN2)c1. The van der Waals surface area contributed by atoms with Crippen LogP contribution in [-0.4, -0.2) is 29.0 Å². The van der Waals surface area contributed by atoms with E-state index in [0.29, 0.717) is 19.3 Å². The highest BCUT2D eigenvalue weighted by atomic mass is 16.5. The van der Waals surface area contributed by atoms with Gasteiger partial charge in [0.25, 0.3) is 0 Å². The summed E-state index contributed by atoms with van der Waals surface area (Å²) in [6.45, 7) is 6.51. The number of benzene rings is 2. The average molecular weight is 420 g/mol. The third-order valence-electron chi connectivity index (χ3n) is 5.79. The Bertz CT molecular complexity index is 985. The summed E-state index contributed by atoms with van der Waals surface area (Å²) in [5.74, 6) is 1.60. The normalized spacial score (nSPS) is 16.3. The molecule has 1 fully saturated rings. The Hall–Kier alpha value is -2.79. The highest BCUT2D eigenvalue weighted by molar-refractivity contribution is 5.74. The minimum absolute atomic E-state index is 0.463. The first-order valence-electron chi connectivity index (χ1n) is 11.3. The topological polar surface area (TPSA) is 48.3 Å². The Morgan fingerprint density at radius 2 is 1.94 bits per heavy atom. The number of aromatic nitrogens is 2. The second kappa shape index (κ2) is 10.0. The van der Waals surface area contributed by atoms with E-state index in [1.165, 1.54) is 30.4 Å². The molecule has 1 aliphatic heterocycles. The summed E-state index contributed by atoms with van der Waals surface area (Å²) in [7, 11) is 1.91. The van der Waals surface area contributed by atoms with Gasteiger partial charge in [-0.05, 0) is 51.3 Å². The van der Waals surface area contributed by atoms with Gasteiger partial charge in [-0.15, -0.1) is 0 Å². The number of rotatable bonds is 8. The molecule has 4 rings (SSSR count). The Morgan fingerprint density at radius 3 is 2.65 bits per heavy atom. The first-order chi connectivity index (χ1) is 15.1. The number of nitrogens with zero attached hydrogens (tertiary/aromatic N) is 2. The smallest absolute Gasteiger partial charge is 0.168 e. The molecule has 2 heterocycles. The number of hydrogen-bond donors (Lipinski definition) is 1. The number of ether oxygens (including phenoxy) is 2. The Labute approximate surface area is 185 Å². The number of para-hydroxylation sites is 1. The summed E-state index contributed by atoms with van der Waals surface area (Å²) in [5.41, 5.74) is 5.77. The van der Waals surface area contributed by atoms with Crippen molar-refractivity contribution in [1.82, 2.24) is 15.1 Å². The van der Waals surface area contributed by atoms with Crippen LogP contribution in [0.15, 0.2) is 48.8 Å². The second-order valence-corrected chi connectivity index (χ2v) is 8.60. The zero-order valence-electron chi connectivity index (χ0n) is 18.9. The summed E-state index contributed by atoms with van der Waals surface area (Å²) in [6.07, 6.45) is 8.62. The highest BCUT2D eigenvalue weighted by Gasteiger charge is 2.17. The fraction of sp³-hybridized carbons (Fsp3) is 0.423. The van der Waals surface area contributed by atoms with Crippen LogP contribution >= 0.6 is 0 Å². The largest absolute Gasteiger partial charge is 0.489 e. The van der Waals surface area contributed by atoms with E-state index in [9.17, 15) is 0 Å². The molecular formula is C26H33N3O2. The lowest BCUT2D eigenvalue weighted by molar-refractivity contribution is 0.243. The quantitative estimate of drug-likeness (QED) is 0.546. The van der Waals surface area contributed by atoms with Crippen LogP contribution in [0.1, 0.15) is 42.4 Å². The maximum Gasteiger partial charge on any atom is 0.168 e. The Balaban J connectivity index is 1.58. The minimum atomic E-state index is 0.463. The van der Waals surface area contributed by atoms with Gasteiger partial charge in [0.05, 0.1) is 12.8 Å². The van der Waals surface area contributed by atoms with Gasteiger partial charge in [0.15, 0.2) is 11.5 Å². The molecule has 5 nitrogen and oxygen atoms in total. The van der Waals surface area contributed by atoms with Gasteiger partial charge in [-0.3, -0.25) is 4.68 Å². The second-order valence-electron chi connectivity index (χ2n) is 8.60. The van der Waals surface area contributed by atoms with Crippen molar-refractivity contribution in [2.45, 2.75) is 52.2 Å². The molecule has 0 bridgehead atoms. The molecular weight excluding hydrogens is 386 g/mol. The summed E-state index contributed by atoms with van der Waals surface area (Å²) in [6, 6.07) is 13.3. The molecule has 0 aliphatic carbocycles. The molecule has 0 spiro atoms. The molecule has 1 aromatic heterocycles. The van der Waals surface area contributed by atoms with Crippen molar-refractivity contribution < 1.29 is 9.47 Å². The third kappa shape index (κ3) is 5.67. The Morgan fingerprint density at radius 1 is 1.10 bits per heavy atom. The molecule has 0 radical (unpaired) electrons. The zero-order valence-corrected chi connectivity index (χ0v) is 18.9. The monoisotopic (exact) mass is 419 g/mol. The van der Waals surface area contributed by atoms with Crippen molar-refractivity contribution >= 4 is 0 Å². The third-order valence-corrected chi connectivity index (χ3v) is 5.79. The molecule has 0 amide bonds. The van der Waals surface area contributed by atoms with Crippen molar-refractivity contribution in [1.29, 1.82) is 0 Å². The van der Waals surface area contributed by atoms with E-state index in [1.54, 1.807) is 4.68 Å². The van der Waals surface area contributed by atoms with Crippen LogP contribution in [0.4, 0.5) is 0 Å². The van der Waals surface area contributed by atoms with Crippen LogP contribution in [0.2, 0.25) is 0 Å². The van der Waals surface area contributed by atoms with Crippen LogP contribution in [0.3, 0.4) is 0 Å². The summed E-state index contributed by atoms with van der Waals surface area (Å²) in [5, 5.41) is 7.85. The maximum atomic E-state index is 6.41. The highest BCUT2D eigenvalue weighted by Crippen LogP contribution is 2.39. The number of piperidine rings is 1. The van der Waals surface area contributed by atoms with E-state index in [2.05, 4.69) is 48.5 Å². The number of nitrogens with one attached hydrogen (secondary N) is 1. The molecule has 0 unspecified atom stereocenters. The van der Waals surface area contributed by atoms with Gasteiger partial charge < -0.3 is 14.8 Å². The van der Waals surface area contributed by atoms with Gasteiger partial charge >= 0.3 is 0 Å². The van der Waals surface area contributed by atoms with Gasteiger partial charge in [0.1, 0.15) is 6.61 Å². The van der Waals surface area contributed by atoms with Crippen molar-refractivity contribution in [2.75, 3.05) is 13.2 Å². The molecule has 0 saturated carbocycles. The molecule has 1 aliphatic rings. The molecule has 2 aromatic carbocycles. The lowest BCUT2D eigenvalue weighted by Crippen LogP contribution is -2.35. The van der Waals surface area contributed by atoms with Gasteiger partial charge in [-0.25, -0.2) is 0 Å². The lowest BCUT2D eigenvalue weighted by atomic mass is 9.99. The number of hydrogen-bond acceptors (Lipinski definition) is 4. The molecule has 31 heavy (non-hydrogen) atoms. The molecule has 1 atom stereocenters. The zero-order chi connectivity index (χ0) is 21.6. The van der Waals surface area contributed by atoms with Gasteiger partial charge in [0.2, 0.25) is 0 Å². The lowest BCUT2D eigenvalue weighted by Gasteiger charge is -2.24. The van der Waals surface area contributed by atoms with E-state index < -0.39 is 0 Å². The van der Waals surface area contributed by atoms with Crippen molar-refractivity contribution in [2.24, 2.45) is 7.05 Å². The first kappa shape index (κ1) is 21.4. The Kier molecular flexibility index (Phi) is 6.92. The van der Waals surface area contributed by atoms with Crippen LogP contribution in [0.5, 0.6) is 11.5 Å². The molecule has 3 aromatic rings. The predicted molar refractivity (Wildman–Crippen MR) is 125 cm³/mol. The fourth-order valence-corrected chi connectivity index (χ4v) is 4.32. The van der Waals surface area contributed by atoms with Crippen LogP contribution < -0.4 is 14.8 Å². The van der Waals surface area contributed by atoms with Crippen LogP contribution in [0.25, 0.3) is 11.1 Å². The van der Waals surface area contributed by atoms with Gasteiger partial charge in [-0.2, -0.15) is 5.10 Å². The molecule has 164 valence electrons. The van der Waals surface area contributed by atoms with E-state index in [1.807, 2.05) is 31.6 Å². The van der Waals surface area contributed by atoms with Crippen molar-refractivity contribution in [3.63, 3.8) is 0 Å². The fourth-order valence-electron chi connectivity index (χ4n) is 4.32. The van der Waals surface area contributed by atoms with Crippen LogP contribution in [-0.2, 0) is 13.7 Å². The molecule has 1 N–H and O–H groups in total. The predicted octanol–water partition coefficient (Wildman–Crippen LogP) is 5.19. The average Bonchev–Trinajstić information content (AvgIpc) is 3.18. The van der Waals surface area contributed by atoms with E-state index in [-0.39, 0.29) is 0 Å². The molecule has 5 heteroatoms. The summed E-state index contributed by atoms with van der Waals surface area (Å²) in [4.78, 5) is 0. The summed E-state index contributed by atoms with van der Waals surface area (Å²) < 4.78 is 14.4. The van der Waals surface area contributed by atoms with Gasteiger partial charge in [0, 0.05) is 30.4 Å². The molecule has 1 saturated heterocycles. The standard InChI is InChI=1S/C26H33N3O2/c1-19-13-20(2)15-22(14-19)24-8-6-9-25(31-18-21-16-28-29(3)17-21)26(24)30-12-10-23-7-4-5-11-27-23/h6,8-9,13-17,23,27H,4-5,7,10-12,18H2,1-3H3/t23-/m1/s1. The van der Waals surface area contributed by atoms with Crippen LogP contribution in [0, 0.1) is 13.8 Å². The summed E-state index contributed by atoms with van der Waals surface area (Å²) >= 11 is 0.